The van der Waals surface area contributed by atoms with Crippen molar-refractivity contribution >= 4 is 17.7 Å². The van der Waals surface area contributed by atoms with Gasteiger partial charge in [-0.3, -0.25) is 14.4 Å². The molecule has 0 aromatic rings. The first-order valence-electron chi connectivity index (χ1n) is 27.6. The van der Waals surface area contributed by atoms with Gasteiger partial charge in [0.1, 0.15) is 91.1 Å². The molecule has 78 heavy (non-hydrogen) atoms. The number of fused-ring (bicyclic) bond motifs is 4. The molecule has 8 fully saturated rings. The summed E-state index contributed by atoms with van der Waals surface area (Å²) >= 11 is 0. The van der Waals surface area contributed by atoms with E-state index in [1.54, 1.807) is 6.92 Å². The number of allylic oxidation sites excluding steroid dienone is 3. The van der Waals surface area contributed by atoms with E-state index in [0.29, 0.717) is 44.1 Å². The van der Waals surface area contributed by atoms with Gasteiger partial charge in [0.25, 0.3) is 0 Å². The van der Waals surface area contributed by atoms with Crippen molar-refractivity contribution in [3.05, 3.63) is 23.8 Å². The van der Waals surface area contributed by atoms with Gasteiger partial charge in [-0.05, 0) is 94.0 Å². The van der Waals surface area contributed by atoms with E-state index in [1.807, 2.05) is 6.92 Å². The van der Waals surface area contributed by atoms with E-state index in [0.717, 1.165) is 0 Å². The van der Waals surface area contributed by atoms with E-state index in [1.165, 1.54) is 26.5 Å². The summed E-state index contributed by atoms with van der Waals surface area (Å²) < 4.78 is 65.8. The molecule has 9 N–H and O–H groups in total. The van der Waals surface area contributed by atoms with Crippen LogP contribution in [0.15, 0.2) is 23.8 Å². The standard InChI is InChI=1S/C55H84O23/c1-23(2)28(58)14-17-54(9)45-31(72-25(4)57)19-53(8)27-11-12-33-51(5,6)34(15-16-52(33,7)26(27)13-18-55(45,53)50(67)78-54)74-49-44(35(61)29(59)21-70-49)77-47-38(64)37(63)41(24(3)71-47)75-48-40(66)43(36(62)32(20-56)73-48)76-46-39(65)42(68-10)30(60)22-69-46/h11,24,26,29-49,56,59-66H,1,12-22H2,2-10H3/t24-,26-,29-,30-,31+,32-,33+,34+,35+,36-,37-,38-,39-,40-,41-,42+,43+,44-,45-,46+,47+,48+,49+,52-,53+,54+,55-/m1/s1. The minimum absolute atomic E-state index is 0.0362. The number of ketones is 1. The summed E-state index contributed by atoms with van der Waals surface area (Å²) in [6.07, 6.45) is -22.3. The van der Waals surface area contributed by atoms with Crippen LogP contribution in [0.4, 0.5) is 0 Å². The van der Waals surface area contributed by atoms with Crippen molar-refractivity contribution in [1.82, 2.24) is 0 Å². The molecule has 9 rings (SSSR count). The van der Waals surface area contributed by atoms with Gasteiger partial charge in [0, 0.05) is 25.9 Å². The third-order valence-corrected chi connectivity index (χ3v) is 20.1. The molecule has 0 amide bonds. The Balaban J connectivity index is 0.888. The van der Waals surface area contributed by atoms with Gasteiger partial charge in [-0.1, -0.05) is 45.9 Å². The highest BCUT2D eigenvalue weighted by Crippen LogP contribution is 2.76. The number of hydrogen-bond acceptors (Lipinski definition) is 23. The molecule has 5 heterocycles. The van der Waals surface area contributed by atoms with Crippen LogP contribution in [0.5, 0.6) is 0 Å². The number of aliphatic hydroxyl groups is 9. The quantitative estimate of drug-likeness (QED) is 0.0591. The second kappa shape index (κ2) is 22.2. The number of ether oxygens (including phenoxy) is 11. The molecule has 27 atom stereocenters. The number of methoxy groups -OCH3 is 1. The number of carbonyl (C=O) groups excluding carboxylic acids is 3. The highest BCUT2D eigenvalue weighted by Gasteiger charge is 2.79. The molecule has 0 unspecified atom stereocenters. The Hall–Kier alpha value is -2.63. The van der Waals surface area contributed by atoms with E-state index >= 15 is 0 Å². The van der Waals surface area contributed by atoms with Crippen LogP contribution in [0.1, 0.15) is 107 Å². The lowest BCUT2D eigenvalue weighted by Crippen LogP contribution is -2.66. The molecular formula is C55H84O23. The maximum absolute atomic E-state index is 14.6. The highest BCUT2D eigenvalue weighted by atomic mass is 16.8. The predicted octanol–water partition coefficient (Wildman–Crippen LogP) is -0.0282. The molecule has 0 aromatic heterocycles. The smallest absolute Gasteiger partial charge is 0.314 e. The Kier molecular flexibility index (Phi) is 17.0. The second-order valence-corrected chi connectivity index (χ2v) is 25.0. The van der Waals surface area contributed by atoms with Crippen molar-refractivity contribution < 1.29 is 112 Å². The van der Waals surface area contributed by atoms with E-state index in [4.69, 9.17) is 52.1 Å². The molecule has 4 aliphatic carbocycles. The predicted molar refractivity (Wildman–Crippen MR) is 266 cm³/mol. The van der Waals surface area contributed by atoms with Crippen molar-refractivity contribution in [3.63, 3.8) is 0 Å². The first-order chi connectivity index (χ1) is 36.6. The van der Waals surface area contributed by atoms with Gasteiger partial charge < -0.3 is 98.1 Å². The molecule has 23 heteroatoms. The molecule has 0 aromatic carbocycles. The van der Waals surface area contributed by atoms with Crippen LogP contribution in [0.2, 0.25) is 0 Å². The average Bonchev–Trinajstić information content (AvgIpc) is 2.45. The number of cyclic esters (lactones) is 1. The van der Waals surface area contributed by atoms with Gasteiger partial charge in [0.15, 0.2) is 30.9 Å². The van der Waals surface area contributed by atoms with Crippen LogP contribution in [0.3, 0.4) is 0 Å². The first-order valence-corrected chi connectivity index (χ1v) is 27.6. The number of Topliss-reactive ketones (excluding diaryl/α,β-unsaturated/α-hetero) is 1. The summed E-state index contributed by atoms with van der Waals surface area (Å²) in [6, 6.07) is 0. The molecule has 0 radical (unpaired) electrons. The lowest BCUT2D eigenvalue weighted by molar-refractivity contribution is -0.387. The SMILES string of the molecule is C=C(C)C(=O)CC[C@]1(C)OC(=O)[C@]23CC[C@@H]4C(=CC[C@H]5C(C)(C)[C@@H](O[C@@H]6OC[C@@H](O)[C@H](O)[C@H]6O[C@@H]6O[C@H](C)[C@@H](O[C@@H]7O[C@H](CO)[C@@H](O)[C@H](O[C@@H]8OC[C@@H](O)[C@H](OC)[C@H]8O)[C@H]7O)[C@H](O)[C@H]6O)CC[C@]45C)[C@]2(C)C[C@H](OC(C)=O)[C@@H]31. The Morgan fingerprint density at radius 3 is 2.05 bits per heavy atom. The van der Waals surface area contributed by atoms with Gasteiger partial charge in [0.05, 0.1) is 43.4 Å². The Morgan fingerprint density at radius 1 is 0.744 bits per heavy atom. The molecule has 9 aliphatic rings. The van der Waals surface area contributed by atoms with Crippen LogP contribution in [0, 0.1) is 39.4 Å². The van der Waals surface area contributed by atoms with Crippen molar-refractivity contribution in [2.45, 2.75) is 235 Å². The molecule has 442 valence electrons. The van der Waals surface area contributed by atoms with Crippen LogP contribution < -0.4 is 0 Å². The van der Waals surface area contributed by atoms with Gasteiger partial charge in [0.2, 0.25) is 0 Å². The maximum Gasteiger partial charge on any atom is 0.314 e. The number of hydrogen-bond donors (Lipinski definition) is 9. The van der Waals surface area contributed by atoms with Crippen molar-refractivity contribution in [3.8, 4) is 0 Å². The fourth-order valence-electron chi connectivity index (χ4n) is 16.0. The van der Waals surface area contributed by atoms with Crippen LogP contribution >= 0.6 is 0 Å². The second-order valence-electron chi connectivity index (χ2n) is 25.0. The number of aliphatic hydroxyl groups excluding tert-OH is 9. The van der Waals surface area contributed by atoms with Crippen molar-refractivity contribution in [2.24, 2.45) is 39.4 Å². The zero-order valence-electron chi connectivity index (χ0n) is 46.1. The summed E-state index contributed by atoms with van der Waals surface area (Å²) in [5.41, 5.74) is -1.99. The highest BCUT2D eigenvalue weighted by molar-refractivity contribution is 5.94. The third-order valence-electron chi connectivity index (χ3n) is 20.1. The Bertz CT molecular complexity index is 2260. The minimum atomic E-state index is -1.88. The average molecular weight is 1110 g/mol. The first kappa shape index (κ1) is 60.0. The van der Waals surface area contributed by atoms with E-state index in [2.05, 4.69) is 40.3 Å². The Labute approximate surface area is 454 Å². The van der Waals surface area contributed by atoms with Crippen LogP contribution in [0.25, 0.3) is 0 Å². The Morgan fingerprint density at radius 2 is 1.38 bits per heavy atom. The summed E-state index contributed by atoms with van der Waals surface area (Å²) in [5, 5.41) is 99.1. The monoisotopic (exact) mass is 1110 g/mol. The molecule has 0 bridgehead atoms. The van der Waals surface area contributed by atoms with Crippen molar-refractivity contribution in [1.29, 1.82) is 0 Å². The van der Waals surface area contributed by atoms with E-state index in [9.17, 15) is 60.3 Å². The van der Waals surface area contributed by atoms with Crippen LogP contribution in [-0.2, 0) is 66.5 Å². The van der Waals surface area contributed by atoms with Crippen LogP contribution in [-0.4, -0.2) is 219 Å². The summed E-state index contributed by atoms with van der Waals surface area (Å²) in [7, 11) is 1.26. The summed E-state index contributed by atoms with van der Waals surface area (Å²) in [6.45, 7) is 17.5. The third kappa shape index (κ3) is 9.86. The van der Waals surface area contributed by atoms with Gasteiger partial charge >= 0.3 is 11.9 Å². The lowest BCUT2D eigenvalue weighted by Gasteiger charge is -2.63. The fourth-order valence-corrected chi connectivity index (χ4v) is 16.0. The number of rotatable bonds is 15. The topological polar surface area (TPSA) is 335 Å². The fraction of sp³-hybridized carbons (Fsp3) is 0.873. The zero-order valence-corrected chi connectivity index (χ0v) is 46.1. The molecule has 5 saturated heterocycles. The van der Waals surface area contributed by atoms with Crippen molar-refractivity contribution in [2.75, 3.05) is 26.9 Å². The van der Waals surface area contributed by atoms with Gasteiger partial charge in [-0.2, -0.15) is 0 Å². The molecule has 5 aliphatic heterocycles. The zero-order chi connectivity index (χ0) is 56.9. The normalized spacial score (nSPS) is 50.8. The maximum atomic E-state index is 14.6. The number of carbonyl (C=O) groups is 3. The minimum Gasteiger partial charge on any atom is -0.462 e. The summed E-state index contributed by atoms with van der Waals surface area (Å²) in [5.74, 6) is -1.27. The molecular weight excluding hydrogens is 1030 g/mol. The molecule has 1 spiro atoms. The molecule has 3 saturated carbocycles. The molecule has 23 nitrogen and oxygen atoms in total. The van der Waals surface area contributed by atoms with E-state index in [-0.39, 0.29) is 55.1 Å². The van der Waals surface area contributed by atoms with E-state index < -0.39 is 163 Å². The lowest BCUT2D eigenvalue weighted by atomic mass is 9.41. The van der Waals surface area contributed by atoms with Gasteiger partial charge in [-0.15, -0.1) is 0 Å². The summed E-state index contributed by atoms with van der Waals surface area (Å²) in [4.78, 5) is 40.2. The largest absolute Gasteiger partial charge is 0.462 e. The number of esters is 2. The van der Waals surface area contributed by atoms with Gasteiger partial charge in [-0.25, -0.2) is 0 Å².